The van der Waals surface area contributed by atoms with Crippen LogP contribution in [-0.2, 0) is 0 Å². The highest BCUT2D eigenvalue weighted by Crippen LogP contribution is 2.53. The summed E-state index contributed by atoms with van der Waals surface area (Å²) in [4.78, 5) is 0. The molecule has 31 heavy (non-hydrogen) atoms. The van der Waals surface area contributed by atoms with E-state index in [4.69, 9.17) is 4.74 Å². The molecule has 1 aliphatic heterocycles. The summed E-state index contributed by atoms with van der Waals surface area (Å²) in [5.74, 6) is 1.89. The van der Waals surface area contributed by atoms with Gasteiger partial charge in [0.15, 0.2) is 0 Å². The first kappa shape index (κ1) is 16.7. The van der Waals surface area contributed by atoms with Crippen LogP contribution in [0.2, 0.25) is 0 Å². The molecule has 144 valence electrons. The maximum atomic E-state index is 6.66. The van der Waals surface area contributed by atoms with Gasteiger partial charge in [0.2, 0.25) is 0 Å². The van der Waals surface area contributed by atoms with Crippen molar-refractivity contribution >= 4 is 32.3 Å². The van der Waals surface area contributed by atoms with Crippen molar-refractivity contribution in [2.75, 3.05) is 0 Å². The Labute approximate surface area is 180 Å². The van der Waals surface area contributed by atoms with Gasteiger partial charge in [-0.2, -0.15) is 0 Å². The molecule has 0 N–H and O–H groups in total. The van der Waals surface area contributed by atoms with E-state index in [1.807, 2.05) is 0 Å². The molecule has 6 aromatic rings. The smallest absolute Gasteiger partial charge is 0.143 e. The van der Waals surface area contributed by atoms with E-state index in [0.29, 0.717) is 0 Å². The zero-order chi connectivity index (χ0) is 20.4. The van der Waals surface area contributed by atoms with Crippen molar-refractivity contribution in [2.24, 2.45) is 0 Å². The van der Waals surface area contributed by atoms with Crippen LogP contribution in [-0.4, -0.2) is 0 Å². The molecule has 0 aliphatic carbocycles. The lowest BCUT2D eigenvalue weighted by atomic mass is 9.86. The number of fused-ring (bicyclic) bond motifs is 7. The summed E-state index contributed by atoms with van der Waals surface area (Å²) < 4.78 is 6.66. The first-order valence-corrected chi connectivity index (χ1v) is 10.6. The van der Waals surface area contributed by atoms with Crippen LogP contribution in [0.4, 0.5) is 0 Å². The highest BCUT2D eigenvalue weighted by atomic mass is 16.5. The predicted molar refractivity (Wildman–Crippen MR) is 130 cm³/mol. The lowest BCUT2D eigenvalue weighted by Crippen LogP contribution is -2.00. The Bertz CT molecular complexity index is 1640. The minimum absolute atomic E-state index is 0.929. The first-order valence-electron chi connectivity index (χ1n) is 10.6. The van der Waals surface area contributed by atoms with Gasteiger partial charge in [0, 0.05) is 16.3 Å². The van der Waals surface area contributed by atoms with Crippen LogP contribution in [0.5, 0.6) is 11.5 Å². The SMILES string of the molecule is c1ccc(-c2ccc3c4c(cccc24)-c2c(c4ccccc4c4ccccc24)O3)cc1. The van der Waals surface area contributed by atoms with E-state index >= 15 is 0 Å². The van der Waals surface area contributed by atoms with Crippen LogP contribution in [0.1, 0.15) is 0 Å². The fourth-order valence-corrected chi connectivity index (χ4v) is 5.13. The van der Waals surface area contributed by atoms with Gasteiger partial charge < -0.3 is 4.74 Å². The topological polar surface area (TPSA) is 9.23 Å². The fourth-order valence-electron chi connectivity index (χ4n) is 5.13. The van der Waals surface area contributed by atoms with Crippen molar-refractivity contribution in [3.63, 3.8) is 0 Å². The molecule has 0 atom stereocenters. The highest BCUT2D eigenvalue weighted by Gasteiger charge is 2.25. The Hall–Kier alpha value is -4.10. The van der Waals surface area contributed by atoms with Crippen molar-refractivity contribution in [1.82, 2.24) is 0 Å². The van der Waals surface area contributed by atoms with Gasteiger partial charge >= 0.3 is 0 Å². The molecule has 0 bridgehead atoms. The molecule has 1 heteroatoms. The molecular weight excluding hydrogens is 376 g/mol. The third-order valence-corrected chi connectivity index (χ3v) is 6.45. The molecule has 0 radical (unpaired) electrons. The zero-order valence-electron chi connectivity index (χ0n) is 16.8. The third kappa shape index (κ3) is 2.26. The lowest BCUT2D eigenvalue weighted by molar-refractivity contribution is 0.493. The van der Waals surface area contributed by atoms with Gasteiger partial charge in [-0.25, -0.2) is 0 Å². The van der Waals surface area contributed by atoms with Crippen LogP contribution in [0.3, 0.4) is 0 Å². The van der Waals surface area contributed by atoms with Gasteiger partial charge in [-0.15, -0.1) is 0 Å². The monoisotopic (exact) mass is 394 g/mol. The Morgan fingerprint density at radius 2 is 1.06 bits per heavy atom. The summed E-state index contributed by atoms with van der Waals surface area (Å²) in [7, 11) is 0. The van der Waals surface area contributed by atoms with Crippen molar-refractivity contribution in [1.29, 1.82) is 0 Å². The number of hydrogen-bond donors (Lipinski definition) is 0. The summed E-state index contributed by atoms with van der Waals surface area (Å²) in [6, 6.07) is 38.8. The van der Waals surface area contributed by atoms with E-state index in [1.165, 1.54) is 49.2 Å². The quantitative estimate of drug-likeness (QED) is 0.253. The Morgan fingerprint density at radius 3 is 1.87 bits per heavy atom. The van der Waals surface area contributed by atoms with Crippen LogP contribution < -0.4 is 4.74 Å². The molecule has 1 heterocycles. The largest absolute Gasteiger partial charge is 0.455 e. The normalized spacial score (nSPS) is 12.1. The Balaban J connectivity index is 1.66. The van der Waals surface area contributed by atoms with Crippen LogP contribution in [0.15, 0.2) is 109 Å². The van der Waals surface area contributed by atoms with E-state index in [0.717, 1.165) is 16.9 Å². The molecule has 1 nitrogen and oxygen atoms in total. The Morgan fingerprint density at radius 1 is 0.419 bits per heavy atom. The minimum Gasteiger partial charge on any atom is -0.455 e. The second-order valence-electron chi connectivity index (χ2n) is 8.10. The third-order valence-electron chi connectivity index (χ3n) is 6.45. The van der Waals surface area contributed by atoms with Crippen molar-refractivity contribution in [3.8, 4) is 33.8 Å². The molecule has 6 aromatic carbocycles. The van der Waals surface area contributed by atoms with Gasteiger partial charge in [0.25, 0.3) is 0 Å². The molecule has 0 saturated heterocycles. The van der Waals surface area contributed by atoms with Gasteiger partial charge in [0.1, 0.15) is 11.5 Å². The molecule has 0 fully saturated rings. The molecule has 0 aromatic heterocycles. The number of ether oxygens (including phenoxy) is 1. The molecule has 7 rings (SSSR count). The molecule has 1 aliphatic rings. The predicted octanol–water partition coefficient (Wildman–Crippen LogP) is 8.59. The van der Waals surface area contributed by atoms with E-state index in [1.54, 1.807) is 0 Å². The maximum absolute atomic E-state index is 6.66. The lowest BCUT2D eigenvalue weighted by Gasteiger charge is -2.25. The van der Waals surface area contributed by atoms with Crippen LogP contribution >= 0.6 is 0 Å². The van der Waals surface area contributed by atoms with Crippen molar-refractivity contribution in [3.05, 3.63) is 109 Å². The summed E-state index contributed by atoms with van der Waals surface area (Å²) in [5, 5.41) is 7.31. The highest BCUT2D eigenvalue weighted by molar-refractivity contribution is 6.22. The summed E-state index contributed by atoms with van der Waals surface area (Å²) in [6.45, 7) is 0. The number of hydrogen-bond acceptors (Lipinski definition) is 1. The average Bonchev–Trinajstić information content (AvgIpc) is 2.85. The summed E-state index contributed by atoms with van der Waals surface area (Å²) in [5.41, 5.74) is 4.89. The minimum atomic E-state index is 0.929. The van der Waals surface area contributed by atoms with Gasteiger partial charge in [-0.1, -0.05) is 103 Å². The average molecular weight is 394 g/mol. The van der Waals surface area contributed by atoms with Crippen LogP contribution in [0, 0.1) is 0 Å². The second-order valence-corrected chi connectivity index (χ2v) is 8.10. The van der Waals surface area contributed by atoms with Gasteiger partial charge in [-0.3, -0.25) is 0 Å². The van der Waals surface area contributed by atoms with Crippen molar-refractivity contribution < 1.29 is 4.74 Å². The molecule has 0 spiro atoms. The van der Waals surface area contributed by atoms with Crippen molar-refractivity contribution in [2.45, 2.75) is 0 Å². The van der Waals surface area contributed by atoms with E-state index in [9.17, 15) is 0 Å². The number of rotatable bonds is 1. The van der Waals surface area contributed by atoms with E-state index < -0.39 is 0 Å². The molecular formula is C30H18O. The van der Waals surface area contributed by atoms with Gasteiger partial charge in [0.05, 0.1) is 0 Å². The zero-order valence-corrected chi connectivity index (χ0v) is 16.8. The van der Waals surface area contributed by atoms with E-state index in [2.05, 4.69) is 109 Å². The molecule has 0 unspecified atom stereocenters. The van der Waals surface area contributed by atoms with Gasteiger partial charge in [-0.05, 0) is 44.3 Å². The summed E-state index contributed by atoms with van der Waals surface area (Å²) in [6.07, 6.45) is 0. The van der Waals surface area contributed by atoms with Crippen LogP contribution in [0.25, 0.3) is 54.6 Å². The number of benzene rings is 6. The fraction of sp³-hybridized carbons (Fsp3) is 0. The molecule has 0 amide bonds. The standard InChI is InChI=1S/C30H18O/c1-2-9-19(10-3-1)20-17-18-27-28-23(20)15-8-16-26(28)29-24-13-6-4-11-21(24)22-12-5-7-14-25(22)30(29)31-27/h1-18H. The Kier molecular flexibility index (Phi) is 3.33. The maximum Gasteiger partial charge on any atom is 0.143 e. The first-order chi connectivity index (χ1) is 15.4. The molecule has 0 saturated carbocycles. The van der Waals surface area contributed by atoms with E-state index in [-0.39, 0.29) is 0 Å². The summed E-state index contributed by atoms with van der Waals surface area (Å²) >= 11 is 0. The second kappa shape index (κ2) is 6.20.